The Labute approximate surface area is 240 Å². The molecule has 0 fully saturated rings. The van der Waals surface area contributed by atoms with Gasteiger partial charge in [-0.2, -0.15) is 0 Å². The fourth-order valence-electron chi connectivity index (χ4n) is 6.87. The third-order valence-corrected chi connectivity index (χ3v) is 17.0. The first-order valence-electron chi connectivity index (χ1n) is 16.3. The first kappa shape index (κ1) is 31.1. The zero-order valence-corrected chi connectivity index (χ0v) is 27.8. The van der Waals surface area contributed by atoms with Crippen LogP contribution in [0, 0.1) is 19.8 Å². The van der Waals surface area contributed by atoms with Crippen LogP contribution in [0.4, 0.5) is 0 Å². The Hall–Kier alpha value is -0.383. The Bertz CT molecular complexity index is 846. The second kappa shape index (κ2) is 16.7. The van der Waals surface area contributed by atoms with Crippen LogP contribution in [0.25, 0.3) is 9.75 Å². The molecule has 0 bridgehead atoms. The molecule has 1 aliphatic rings. The molecule has 2 aromatic rings. The van der Waals surface area contributed by atoms with Crippen LogP contribution in [0.5, 0.6) is 0 Å². The van der Waals surface area contributed by atoms with Crippen LogP contribution in [-0.2, 0) is 0 Å². The van der Waals surface area contributed by atoms with E-state index >= 15 is 0 Å². The molecule has 210 valence electrons. The Morgan fingerprint density at radius 1 is 0.595 bits per heavy atom. The second-order valence-corrected chi connectivity index (χ2v) is 18.9. The molecule has 0 saturated heterocycles. The molecule has 1 aliphatic heterocycles. The highest BCUT2D eigenvalue weighted by molar-refractivity contribution is 7.29. The lowest BCUT2D eigenvalue weighted by Crippen LogP contribution is -2.55. The van der Waals surface area contributed by atoms with E-state index in [1.807, 2.05) is 10.4 Å². The molecule has 3 heteroatoms. The topological polar surface area (TPSA) is 0 Å². The summed E-state index contributed by atoms with van der Waals surface area (Å²) in [6.07, 6.45) is 25.9. The zero-order chi connectivity index (χ0) is 26.5. The number of fused-ring (bicyclic) bond motifs is 3. The first-order valence-corrected chi connectivity index (χ1v) is 20.3. The maximum absolute atomic E-state index is 2.64. The minimum absolute atomic E-state index is 0.914. The number of aryl methyl sites for hydroxylation is 2. The van der Waals surface area contributed by atoms with Crippen LogP contribution in [0.15, 0.2) is 12.1 Å². The van der Waals surface area contributed by atoms with E-state index in [-0.39, 0.29) is 0 Å². The Kier molecular flexibility index (Phi) is 14.0. The van der Waals surface area contributed by atoms with Crippen LogP contribution in [0.1, 0.15) is 146 Å². The standard InChI is InChI=1S/C34H58S2Si/c1-6-9-11-12-13-14-15-16-17-18-19-20-21-22-24-37(27-30(8-3)23-10-7-2)31-25-28(4)35-33(31)34-32(37)26-29(5)36-34/h25-26,30H,6-24,27H2,1-5H3. The third-order valence-electron chi connectivity index (χ3n) is 9.09. The van der Waals surface area contributed by atoms with Crippen LogP contribution >= 0.6 is 22.7 Å². The van der Waals surface area contributed by atoms with Crippen molar-refractivity contribution in [2.75, 3.05) is 0 Å². The van der Waals surface area contributed by atoms with Crippen molar-refractivity contribution in [2.24, 2.45) is 5.92 Å². The molecule has 0 spiro atoms. The van der Waals surface area contributed by atoms with Gasteiger partial charge in [0.1, 0.15) is 8.07 Å². The summed E-state index contributed by atoms with van der Waals surface area (Å²) in [5.41, 5.74) is 0. The van der Waals surface area contributed by atoms with E-state index in [2.05, 4.69) is 69.4 Å². The molecule has 1 atom stereocenters. The monoisotopic (exact) mass is 558 g/mol. The lowest BCUT2D eigenvalue weighted by molar-refractivity contribution is 0.486. The van der Waals surface area contributed by atoms with Gasteiger partial charge in [-0.3, -0.25) is 0 Å². The van der Waals surface area contributed by atoms with Gasteiger partial charge in [-0.15, -0.1) is 22.7 Å². The normalized spacial score (nSPS) is 14.7. The minimum Gasteiger partial charge on any atom is -0.140 e. The van der Waals surface area contributed by atoms with E-state index in [4.69, 9.17) is 0 Å². The number of rotatable bonds is 21. The first-order chi connectivity index (χ1) is 18.1. The highest BCUT2D eigenvalue weighted by atomic mass is 32.1. The highest BCUT2D eigenvalue weighted by Gasteiger charge is 2.48. The molecule has 0 aromatic carbocycles. The summed E-state index contributed by atoms with van der Waals surface area (Å²) in [6, 6.07) is 8.30. The van der Waals surface area contributed by atoms with Gasteiger partial charge in [0.15, 0.2) is 0 Å². The van der Waals surface area contributed by atoms with Gasteiger partial charge in [-0.25, -0.2) is 0 Å². The van der Waals surface area contributed by atoms with Gasteiger partial charge in [0.2, 0.25) is 0 Å². The largest absolute Gasteiger partial charge is 0.140 e. The number of hydrogen-bond acceptors (Lipinski definition) is 2. The fraction of sp³-hybridized carbons (Fsp3) is 0.765. The molecule has 3 heterocycles. The third kappa shape index (κ3) is 8.80. The molecule has 0 radical (unpaired) electrons. The summed E-state index contributed by atoms with van der Waals surface area (Å²) in [6.45, 7) is 11.8. The predicted octanol–water partition coefficient (Wildman–Crippen LogP) is 11.7. The fourth-order valence-corrected chi connectivity index (χ4v) is 16.6. The van der Waals surface area contributed by atoms with Gasteiger partial charge in [0.05, 0.1) is 0 Å². The SMILES string of the molecule is CCCCCCCCCCCCCCCC[Si]1(CC(CC)CCCC)c2cc(C)sc2-c2sc(C)cc21. The van der Waals surface area contributed by atoms with Crippen molar-refractivity contribution in [1.82, 2.24) is 0 Å². The maximum Gasteiger partial charge on any atom is 0.122 e. The minimum atomic E-state index is -1.65. The summed E-state index contributed by atoms with van der Waals surface area (Å²) in [5.74, 6) is 0.914. The quantitative estimate of drug-likeness (QED) is 0.106. The maximum atomic E-state index is 2.64. The van der Waals surface area contributed by atoms with Crippen molar-refractivity contribution in [3.63, 3.8) is 0 Å². The molecule has 0 amide bonds. The van der Waals surface area contributed by atoms with E-state index in [1.165, 1.54) is 128 Å². The summed E-state index contributed by atoms with van der Waals surface area (Å²) in [5, 5.41) is 3.70. The van der Waals surface area contributed by atoms with Crippen LogP contribution in [0.3, 0.4) is 0 Å². The average Bonchev–Trinajstić information content (AvgIpc) is 3.53. The van der Waals surface area contributed by atoms with Crippen molar-refractivity contribution >= 4 is 41.1 Å². The van der Waals surface area contributed by atoms with Gasteiger partial charge < -0.3 is 0 Å². The second-order valence-electron chi connectivity index (χ2n) is 12.2. The molecular formula is C34H58S2Si. The Morgan fingerprint density at radius 2 is 1.03 bits per heavy atom. The summed E-state index contributed by atoms with van der Waals surface area (Å²) >= 11 is 4.19. The van der Waals surface area contributed by atoms with Crippen molar-refractivity contribution in [3.05, 3.63) is 21.9 Å². The molecular weight excluding hydrogens is 501 g/mol. The Morgan fingerprint density at radius 3 is 1.46 bits per heavy atom. The van der Waals surface area contributed by atoms with E-state index in [0.29, 0.717) is 0 Å². The molecule has 1 unspecified atom stereocenters. The van der Waals surface area contributed by atoms with Gasteiger partial charge >= 0.3 is 0 Å². The summed E-state index contributed by atoms with van der Waals surface area (Å²) in [7, 11) is -1.65. The number of hydrogen-bond donors (Lipinski definition) is 0. The van der Waals surface area contributed by atoms with Crippen molar-refractivity contribution in [3.8, 4) is 9.75 Å². The lowest BCUT2D eigenvalue weighted by atomic mass is 10.0. The van der Waals surface area contributed by atoms with Gasteiger partial charge in [0.25, 0.3) is 0 Å². The number of unbranched alkanes of at least 4 members (excludes halogenated alkanes) is 14. The van der Waals surface area contributed by atoms with Crippen molar-refractivity contribution < 1.29 is 0 Å². The average molecular weight is 559 g/mol. The highest BCUT2D eigenvalue weighted by Crippen LogP contribution is 2.44. The van der Waals surface area contributed by atoms with Gasteiger partial charge in [-0.1, -0.05) is 136 Å². The van der Waals surface area contributed by atoms with Crippen molar-refractivity contribution in [1.29, 1.82) is 0 Å². The summed E-state index contributed by atoms with van der Waals surface area (Å²) in [4.78, 5) is 6.46. The number of thiophene rings is 2. The molecule has 0 N–H and O–H groups in total. The molecule has 0 aliphatic carbocycles. The zero-order valence-electron chi connectivity index (χ0n) is 25.2. The van der Waals surface area contributed by atoms with Crippen LogP contribution in [0.2, 0.25) is 12.1 Å². The molecule has 37 heavy (non-hydrogen) atoms. The van der Waals surface area contributed by atoms with E-state index in [1.54, 1.807) is 19.5 Å². The van der Waals surface area contributed by atoms with Gasteiger partial charge in [-0.05, 0) is 54.4 Å². The van der Waals surface area contributed by atoms with Crippen LogP contribution < -0.4 is 10.4 Å². The van der Waals surface area contributed by atoms with Crippen LogP contribution in [-0.4, -0.2) is 8.07 Å². The Balaban J connectivity index is 1.50. The predicted molar refractivity (Wildman–Crippen MR) is 175 cm³/mol. The smallest absolute Gasteiger partial charge is 0.122 e. The van der Waals surface area contributed by atoms with E-state index in [9.17, 15) is 0 Å². The van der Waals surface area contributed by atoms with Gasteiger partial charge in [0, 0.05) is 19.5 Å². The molecule has 3 rings (SSSR count). The van der Waals surface area contributed by atoms with E-state index < -0.39 is 8.07 Å². The molecule has 2 aromatic heterocycles. The molecule has 0 nitrogen and oxygen atoms in total. The lowest BCUT2D eigenvalue weighted by Gasteiger charge is -2.33. The molecule has 0 saturated carbocycles. The van der Waals surface area contributed by atoms with E-state index in [0.717, 1.165) is 5.92 Å². The summed E-state index contributed by atoms with van der Waals surface area (Å²) < 4.78 is 0. The van der Waals surface area contributed by atoms with Crippen molar-refractivity contribution in [2.45, 2.75) is 162 Å².